The number of carbonyl (C=O) groups is 1. The summed E-state index contributed by atoms with van der Waals surface area (Å²) in [6.07, 6.45) is 5.53. The minimum absolute atomic E-state index is 0.0641. The third kappa shape index (κ3) is 2.36. The third-order valence-corrected chi connectivity index (χ3v) is 5.27. The van der Waals surface area contributed by atoms with Crippen molar-refractivity contribution in [1.82, 2.24) is 14.9 Å². The first-order chi connectivity index (χ1) is 10.2. The predicted octanol–water partition coefficient (Wildman–Crippen LogP) is 2.34. The normalized spacial score (nSPS) is 25.0. The van der Waals surface area contributed by atoms with Gasteiger partial charge in [-0.25, -0.2) is 9.78 Å². The van der Waals surface area contributed by atoms with E-state index in [4.69, 9.17) is 4.74 Å². The smallest absolute Gasteiger partial charge is 0.323 e. The molecule has 2 aliphatic heterocycles. The summed E-state index contributed by atoms with van der Waals surface area (Å²) in [6, 6.07) is 1.84. The molecule has 1 N–H and O–H groups in total. The Balaban J connectivity index is 1.46. The average molecular weight is 304 g/mol. The summed E-state index contributed by atoms with van der Waals surface area (Å²) in [4.78, 5) is 22.7. The van der Waals surface area contributed by atoms with E-state index in [1.807, 2.05) is 11.0 Å². The van der Waals surface area contributed by atoms with Crippen LogP contribution in [0, 0.1) is 5.41 Å². The Morgan fingerprint density at radius 1 is 1.48 bits per heavy atom. The molecule has 6 nitrogen and oxygen atoms in total. The predicted molar refractivity (Wildman–Crippen MR) is 80.5 cm³/mol. The van der Waals surface area contributed by atoms with Crippen LogP contribution in [0.2, 0.25) is 0 Å². The van der Waals surface area contributed by atoms with Crippen molar-refractivity contribution in [1.29, 1.82) is 0 Å². The van der Waals surface area contributed by atoms with Gasteiger partial charge in [0.05, 0.1) is 17.5 Å². The molecule has 2 aliphatic rings. The van der Waals surface area contributed by atoms with E-state index in [9.17, 15) is 4.79 Å². The van der Waals surface area contributed by atoms with Gasteiger partial charge in [-0.2, -0.15) is 0 Å². The Morgan fingerprint density at radius 3 is 3.24 bits per heavy atom. The number of aromatic nitrogens is 2. The highest BCUT2D eigenvalue weighted by atomic mass is 32.1. The van der Waals surface area contributed by atoms with Crippen LogP contribution in [0.3, 0.4) is 0 Å². The molecule has 7 heteroatoms. The van der Waals surface area contributed by atoms with Gasteiger partial charge in [0.2, 0.25) is 0 Å². The summed E-state index contributed by atoms with van der Waals surface area (Å²) in [5.41, 5.74) is 1.01. The van der Waals surface area contributed by atoms with Gasteiger partial charge in [-0.1, -0.05) is 11.3 Å². The molecule has 4 rings (SSSR count). The number of amides is 2. The molecule has 0 saturated carbocycles. The number of fused-ring (bicyclic) bond motifs is 1. The van der Waals surface area contributed by atoms with Crippen molar-refractivity contribution < 1.29 is 9.53 Å². The SMILES string of the molecule is O=C(Nc1nc2cnccc2s1)N1CC[C@@]2(CCOC2)C1. The summed E-state index contributed by atoms with van der Waals surface area (Å²) in [7, 11) is 0. The number of hydrogen-bond acceptors (Lipinski definition) is 5. The molecule has 0 unspecified atom stereocenters. The fraction of sp³-hybridized carbons (Fsp3) is 0.500. The molecule has 1 atom stereocenters. The number of carbonyl (C=O) groups excluding carboxylic acids is 1. The molecule has 21 heavy (non-hydrogen) atoms. The Labute approximate surface area is 126 Å². The van der Waals surface area contributed by atoms with E-state index in [1.54, 1.807) is 12.4 Å². The van der Waals surface area contributed by atoms with Gasteiger partial charge in [0.25, 0.3) is 0 Å². The molecular weight excluding hydrogens is 288 g/mol. The molecule has 2 aromatic rings. The number of hydrogen-bond donors (Lipinski definition) is 1. The van der Waals surface area contributed by atoms with Gasteiger partial charge in [-0.05, 0) is 18.9 Å². The van der Waals surface area contributed by atoms with Gasteiger partial charge < -0.3 is 9.64 Å². The molecule has 0 aliphatic carbocycles. The standard InChI is InChI=1S/C14H16N4O2S/c19-13(18-5-2-14(8-18)3-6-20-9-14)17-12-16-10-7-15-4-1-11(10)21-12/h1,4,7H,2-3,5-6,8-9H2,(H,16,17,19)/t14-/m1/s1. The van der Waals surface area contributed by atoms with Crippen LogP contribution in [0.5, 0.6) is 0 Å². The van der Waals surface area contributed by atoms with E-state index >= 15 is 0 Å². The number of urea groups is 1. The molecule has 1 spiro atoms. The van der Waals surface area contributed by atoms with E-state index < -0.39 is 0 Å². The Hall–Kier alpha value is -1.73. The zero-order valence-electron chi connectivity index (χ0n) is 11.5. The van der Waals surface area contributed by atoms with Crippen LogP contribution < -0.4 is 5.32 Å². The number of anilines is 1. The zero-order valence-corrected chi connectivity index (χ0v) is 12.4. The highest BCUT2D eigenvalue weighted by molar-refractivity contribution is 7.22. The van der Waals surface area contributed by atoms with Gasteiger partial charge >= 0.3 is 6.03 Å². The largest absolute Gasteiger partial charge is 0.381 e. The lowest BCUT2D eigenvalue weighted by Crippen LogP contribution is -2.35. The molecule has 2 saturated heterocycles. The molecular formula is C14H16N4O2S. The molecule has 0 aromatic carbocycles. The second-order valence-electron chi connectivity index (χ2n) is 5.77. The molecule has 2 fully saturated rings. The molecule has 2 amide bonds. The fourth-order valence-electron chi connectivity index (χ4n) is 3.08. The topological polar surface area (TPSA) is 67.4 Å². The number of thiazole rings is 1. The van der Waals surface area contributed by atoms with Crippen LogP contribution in [0.25, 0.3) is 10.2 Å². The maximum atomic E-state index is 12.4. The molecule has 2 aromatic heterocycles. The fourth-order valence-corrected chi connectivity index (χ4v) is 3.91. The first-order valence-electron chi connectivity index (χ1n) is 7.08. The van der Waals surface area contributed by atoms with Crippen molar-refractivity contribution in [2.75, 3.05) is 31.6 Å². The van der Waals surface area contributed by atoms with Crippen molar-refractivity contribution in [3.8, 4) is 0 Å². The van der Waals surface area contributed by atoms with Gasteiger partial charge in [0.15, 0.2) is 5.13 Å². The Kier molecular flexibility index (Phi) is 3.04. The number of likely N-dealkylation sites (tertiary alicyclic amines) is 1. The second kappa shape index (κ2) is 4.92. The molecule has 0 radical (unpaired) electrons. The van der Waals surface area contributed by atoms with Gasteiger partial charge in [0, 0.05) is 31.3 Å². The van der Waals surface area contributed by atoms with E-state index in [2.05, 4.69) is 15.3 Å². The summed E-state index contributed by atoms with van der Waals surface area (Å²) in [5.74, 6) is 0. The Morgan fingerprint density at radius 2 is 2.43 bits per heavy atom. The lowest BCUT2D eigenvalue weighted by atomic mass is 9.87. The number of ether oxygens (including phenoxy) is 1. The van der Waals surface area contributed by atoms with E-state index in [0.29, 0.717) is 5.13 Å². The van der Waals surface area contributed by atoms with Crippen LogP contribution >= 0.6 is 11.3 Å². The van der Waals surface area contributed by atoms with Crippen LogP contribution in [-0.2, 0) is 4.74 Å². The van der Waals surface area contributed by atoms with Crippen LogP contribution in [0.4, 0.5) is 9.93 Å². The van der Waals surface area contributed by atoms with E-state index in [-0.39, 0.29) is 11.4 Å². The average Bonchev–Trinajstić information content (AvgIpc) is 3.20. The van der Waals surface area contributed by atoms with Crippen molar-refractivity contribution in [3.63, 3.8) is 0 Å². The lowest BCUT2D eigenvalue weighted by molar-refractivity contribution is 0.154. The molecule has 4 heterocycles. The zero-order chi connectivity index (χ0) is 14.3. The monoisotopic (exact) mass is 304 g/mol. The van der Waals surface area contributed by atoms with Gasteiger partial charge in [-0.15, -0.1) is 0 Å². The number of rotatable bonds is 1. The Bertz CT molecular complexity index is 647. The summed E-state index contributed by atoms with van der Waals surface area (Å²) in [5, 5.41) is 3.54. The summed E-state index contributed by atoms with van der Waals surface area (Å²) in [6.45, 7) is 3.18. The first kappa shape index (κ1) is 13.0. The molecule has 0 bridgehead atoms. The van der Waals surface area contributed by atoms with Crippen LogP contribution in [0.1, 0.15) is 12.8 Å². The van der Waals surface area contributed by atoms with Crippen molar-refractivity contribution in [2.24, 2.45) is 5.41 Å². The minimum Gasteiger partial charge on any atom is -0.381 e. The third-order valence-electron chi connectivity index (χ3n) is 4.31. The lowest BCUT2D eigenvalue weighted by Gasteiger charge is -2.21. The first-order valence-corrected chi connectivity index (χ1v) is 7.90. The highest BCUT2D eigenvalue weighted by Gasteiger charge is 2.42. The number of nitrogens with zero attached hydrogens (tertiary/aromatic N) is 3. The van der Waals surface area contributed by atoms with Crippen molar-refractivity contribution >= 4 is 32.7 Å². The number of nitrogens with one attached hydrogen (secondary N) is 1. The second-order valence-corrected chi connectivity index (χ2v) is 6.80. The molecule has 110 valence electrons. The van der Waals surface area contributed by atoms with Gasteiger partial charge in [-0.3, -0.25) is 10.3 Å². The van der Waals surface area contributed by atoms with E-state index in [1.165, 1.54) is 11.3 Å². The highest BCUT2D eigenvalue weighted by Crippen LogP contribution is 2.38. The number of pyridine rings is 1. The summed E-state index contributed by atoms with van der Waals surface area (Å²) < 4.78 is 6.52. The van der Waals surface area contributed by atoms with E-state index in [0.717, 1.165) is 49.4 Å². The van der Waals surface area contributed by atoms with Gasteiger partial charge in [0.1, 0.15) is 5.52 Å². The van der Waals surface area contributed by atoms with Crippen molar-refractivity contribution in [2.45, 2.75) is 12.8 Å². The maximum Gasteiger partial charge on any atom is 0.323 e. The minimum atomic E-state index is -0.0641. The van der Waals surface area contributed by atoms with Crippen molar-refractivity contribution in [3.05, 3.63) is 18.5 Å². The van der Waals surface area contributed by atoms with Crippen LogP contribution in [0.15, 0.2) is 18.5 Å². The quantitative estimate of drug-likeness (QED) is 0.878. The summed E-state index contributed by atoms with van der Waals surface area (Å²) >= 11 is 1.47. The van der Waals surface area contributed by atoms with Crippen LogP contribution in [-0.4, -0.2) is 47.2 Å². The maximum absolute atomic E-state index is 12.4.